The maximum Gasteiger partial charge on any atom is 0.241 e. The lowest BCUT2D eigenvalue weighted by Crippen LogP contribution is -2.36. The summed E-state index contributed by atoms with van der Waals surface area (Å²) in [4.78, 5) is 11.7. The zero-order valence-corrected chi connectivity index (χ0v) is 10.8. The monoisotopic (exact) mass is 258 g/mol. The fourth-order valence-electron chi connectivity index (χ4n) is 1.42. The van der Waals surface area contributed by atoms with E-state index >= 15 is 0 Å². The first-order valence-corrected chi connectivity index (χ1v) is 5.35. The summed E-state index contributed by atoms with van der Waals surface area (Å²) in [5, 5.41) is 12.1. The van der Waals surface area contributed by atoms with Crippen LogP contribution in [0.25, 0.3) is 0 Å². The predicted octanol–water partition coefficient (Wildman–Crippen LogP) is 2.13. The van der Waals surface area contributed by atoms with Gasteiger partial charge in [0.05, 0.1) is 11.7 Å². The maximum atomic E-state index is 11.7. The summed E-state index contributed by atoms with van der Waals surface area (Å²) in [7, 11) is 0. The van der Waals surface area contributed by atoms with E-state index in [4.69, 9.17) is 5.73 Å². The van der Waals surface area contributed by atoms with Gasteiger partial charge in [0.1, 0.15) is 5.75 Å². The van der Waals surface area contributed by atoms with Crippen molar-refractivity contribution in [1.29, 1.82) is 0 Å². The van der Waals surface area contributed by atoms with Crippen molar-refractivity contribution in [2.24, 2.45) is 11.7 Å². The first-order chi connectivity index (χ1) is 7.50. The van der Waals surface area contributed by atoms with Crippen LogP contribution in [0, 0.1) is 5.92 Å². The summed E-state index contributed by atoms with van der Waals surface area (Å²) in [5.41, 5.74) is 6.12. The molecule has 0 heterocycles. The van der Waals surface area contributed by atoms with E-state index in [1.54, 1.807) is 18.2 Å². The molecule has 96 valence electrons. The molecule has 1 aromatic carbocycles. The molecule has 0 aliphatic carbocycles. The number of para-hydroxylation sites is 2. The molecule has 0 bridgehead atoms. The van der Waals surface area contributed by atoms with Crippen LogP contribution in [0.1, 0.15) is 20.3 Å². The molecule has 1 rings (SSSR count). The molecule has 0 saturated heterocycles. The molecule has 0 fully saturated rings. The molecular formula is C12H19ClN2O2. The van der Waals surface area contributed by atoms with Crippen LogP contribution in [-0.4, -0.2) is 17.1 Å². The molecule has 1 aromatic rings. The number of hydrogen-bond donors (Lipinski definition) is 3. The second kappa shape index (κ2) is 7.14. The number of nitrogens with one attached hydrogen (secondary N) is 1. The third kappa shape index (κ3) is 5.06. The highest BCUT2D eigenvalue weighted by Gasteiger charge is 2.15. The van der Waals surface area contributed by atoms with Gasteiger partial charge < -0.3 is 16.2 Å². The fourth-order valence-corrected chi connectivity index (χ4v) is 1.42. The summed E-state index contributed by atoms with van der Waals surface area (Å²) in [6, 6.07) is 6.04. The number of carbonyl (C=O) groups excluding carboxylic acids is 1. The Morgan fingerprint density at radius 1 is 1.41 bits per heavy atom. The van der Waals surface area contributed by atoms with Crippen molar-refractivity contribution in [3.63, 3.8) is 0 Å². The molecule has 0 aliphatic heterocycles. The van der Waals surface area contributed by atoms with Gasteiger partial charge in [0.2, 0.25) is 5.91 Å². The fraction of sp³-hybridized carbons (Fsp3) is 0.417. The number of amides is 1. The number of phenols is 1. The van der Waals surface area contributed by atoms with Crippen molar-refractivity contribution in [1.82, 2.24) is 0 Å². The van der Waals surface area contributed by atoms with Crippen LogP contribution in [0.15, 0.2) is 24.3 Å². The van der Waals surface area contributed by atoms with Crippen molar-refractivity contribution >= 4 is 24.0 Å². The van der Waals surface area contributed by atoms with Gasteiger partial charge in [-0.2, -0.15) is 0 Å². The molecule has 1 amide bonds. The van der Waals surface area contributed by atoms with E-state index in [0.29, 0.717) is 18.0 Å². The van der Waals surface area contributed by atoms with Crippen LogP contribution in [0.2, 0.25) is 0 Å². The van der Waals surface area contributed by atoms with E-state index in [9.17, 15) is 9.90 Å². The van der Waals surface area contributed by atoms with Crippen LogP contribution in [0.3, 0.4) is 0 Å². The Kier molecular flexibility index (Phi) is 6.61. The average Bonchev–Trinajstić information content (AvgIpc) is 2.20. The molecule has 17 heavy (non-hydrogen) atoms. The third-order valence-electron chi connectivity index (χ3n) is 2.22. The van der Waals surface area contributed by atoms with E-state index in [1.807, 2.05) is 13.8 Å². The molecule has 1 atom stereocenters. The molecule has 4 N–H and O–H groups in total. The highest BCUT2D eigenvalue weighted by molar-refractivity contribution is 5.95. The van der Waals surface area contributed by atoms with E-state index in [1.165, 1.54) is 6.07 Å². The van der Waals surface area contributed by atoms with Gasteiger partial charge in [-0.15, -0.1) is 12.4 Å². The average molecular weight is 259 g/mol. The molecule has 0 radical (unpaired) electrons. The van der Waals surface area contributed by atoms with Crippen molar-refractivity contribution in [3.8, 4) is 5.75 Å². The number of hydrogen-bond acceptors (Lipinski definition) is 3. The lowest BCUT2D eigenvalue weighted by Gasteiger charge is -2.14. The van der Waals surface area contributed by atoms with Crippen molar-refractivity contribution < 1.29 is 9.90 Å². The largest absolute Gasteiger partial charge is 0.506 e. The number of phenolic OH excluding ortho intramolecular Hbond substituents is 1. The Hall–Kier alpha value is -1.26. The van der Waals surface area contributed by atoms with Gasteiger partial charge >= 0.3 is 0 Å². The van der Waals surface area contributed by atoms with Gasteiger partial charge in [-0.25, -0.2) is 0 Å². The quantitative estimate of drug-likeness (QED) is 0.724. The smallest absolute Gasteiger partial charge is 0.241 e. The topological polar surface area (TPSA) is 75.4 Å². The number of carbonyl (C=O) groups is 1. The summed E-state index contributed by atoms with van der Waals surface area (Å²) < 4.78 is 0. The SMILES string of the molecule is CC(C)C[C@H](N)C(=O)Nc1ccccc1O.Cl. The normalized spacial score (nSPS) is 11.8. The molecule has 0 aromatic heterocycles. The van der Waals surface area contributed by atoms with Gasteiger partial charge in [-0.05, 0) is 24.5 Å². The summed E-state index contributed by atoms with van der Waals surface area (Å²) >= 11 is 0. The Labute approximate surface area is 108 Å². The number of benzene rings is 1. The lowest BCUT2D eigenvalue weighted by atomic mass is 10.0. The Morgan fingerprint density at radius 3 is 2.53 bits per heavy atom. The van der Waals surface area contributed by atoms with Gasteiger partial charge in [-0.3, -0.25) is 4.79 Å². The van der Waals surface area contributed by atoms with Gasteiger partial charge in [0, 0.05) is 0 Å². The van der Waals surface area contributed by atoms with Crippen LogP contribution in [0.5, 0.6) is 5.75 Å². The van der Waals surface area contributed by atoms with E-state index in [-0.39, 0.29) is 24.1 Å². The summed E-state index contributed by atoms with van der Waals surface area (Å²) in [6.07, 6.45) is 0.624. The molecule has 0 aliphatic rings. The van der Waals surface area contributed by atoms with E-state index < -0.39 is 6.04 Å². The van der Waals surface area contributed by atoms with Crippen LogP contribution < -0.4 is 11.1 Å². The standard InChI is InChI=1S/C12H18N2O2.ClH/c1-8(2)7-9(13)12(16)14-10-5-3-4-6-11(10)15;/h3-6,8-9,15H,7,13H2,1-2H3,(H,14,16);1H/t9-;/m0./s1. The van der Waals surface area contributed by atoms with Crippen LogP contribution in [0.4, 0.5) is 5.69 Å². The predicted molar refractivity (Wildman–Crippen MR) is 71.4 cm³/mol. The maximum absolute atomic E-state index is 11.7. The van der Waals surface area contributed by atoms with Gasteiger partial charge in [-0.1, -0.05) is 26.0 Å². The minimum Gasteiger partial charge on any atom is -0.506 e. The second-order valence-electron chi connectivity index (χ2n) is 4.24. The van der Waals surface area contributed by atoms with Crippen LogP contribution >= 0.6 is 12.4 Å². The molecule has 5 heteroatoms. The zero-order valence-electron chi connectivity index (χ0n) is 10.0. The van der Waals surface area contributed by atoms with Crippen molar-refractivity contribution in [2.45, 2.75) is 26.3 Å². The van der Waals surface area contributed by atoms with E-state index in [0.717, 1.165) is 0 Å². The second-order valence-corrected chi connectivity index (χ2v) is 4.24. The highest BCUT2D eigenvalue weighted by atomic mass is 35.5. The Bertz CT molecular complexity index is 369. The first kappa shape index (κ1) is 15.7. The Morgan fingerprint density at radius 2 is 2.00 bits per heavy atom. The number of nitrogens with two attached hydrogens (primary N) is 1. The third-order valence-corrected chi connectivity index (χ3v) is 2.22. The van der Waals surface area contributed by atoms with Gasteiger partial charge in [0.25, 0.3) is 0 Å². The molecule has 0 unspecified atom stereocenters. The van der Waals surface area contributed by atoms with Crippen LogP contribution in [-0.2, 0) is 4.79 Å². The number of halogens is 1. The summed E-state index contributed by atoms with van der Waals surface area (Å²) in [5.74, 6) is 0.146. The number of rotatable bonds is 4. The molecule has 0 spiro atoms. The molecule has 4 nitrogen and oxygen atoms in total. The Balaban J connectivity index is 0.00000256. The van der Waals surface area contributed by atoms with Crippen molar-refractivity contribution in [2.75, 3.05) is 5.32 Å². The van der Waals surface area contributed by atoms with Crippen molar-refractivity contribution in [3.05, 3.63) is 24.3 Å². The van der Waals surface area contributed by atoms with E-state index in [2.05, 4.69) is 5.32 Å². The number of aromatic hydroxyl groups is 1. The molecule has 0 saturated carbocycles. The number of anilines is 1. The molecular weight excluding hydrogens is 240 g/mol. The minimum absolute atomic E-state index is 0. The lowest BCUT2D eigenvalue weighted by molar-refractivity contribution is -0.117. The summed E-state index contributed by atoms with van der Waals surface area (Å²) in [6.45, 7) is 4.01. The first-order valence-electron chi connectivity index (χ1n) is 5.35. The van der Waals surface area contributed by atoms with Gasteiger partial charge in [0.15, 0.2) is 0 Å². The zero-order chi connectivity index (χ0) is 12.1. The minimum atomic E-state index is -0.542. The highest BCUT2D eigenvalue weighted by Crippen LogP contribution is 2.21.